The van der Waals surface area contributed by atoms with Crippen LogP contribution in [0.3, 0.4) is 0 Å². The summed E-state index contributed by atoms with van der Waals surface area (Å²) in [6.07, 6.45) is 0. The predicted molar refractivity (Wildman–Crippen MR) is 75.1 cm³/mol. The van der Waals surface area contributed by atoms with E-state index >= 15 is 0 Å². The summed E-state index contributed by atoms with van der Waals surface area (Å²) >= 11 is 1.25. The fraction of sp³-hybridized carbons (Fsp3) is 0.727. The molecule has 0 unspecified atom stereocenters. The zero-order valence-corrected chi connectivity index (χ0v) is 13.0. The van der Waals surface area contributed by atoms with E-state index in [0.29, 0.717) is 11.7 Å². The van der Waals surface area contributed by atoms with Crippen LogP contribution in [0.5, 0.6) is 0 Å². The summed E-state index contributed by atoms with van der Waals surface area (Å²) in [5.41, 5.74) is 0. The van der Waals surface area contributed by atoms with Crippen molar-refractivity contribution in [1.82, 2.24) is 30.4 Å². The van der Waals surface area contributed by atoms with Crippen molar-refractivity contribution in [3.05, 3.63) is 0 Å². The Morgan fingerprint density at radius 3 is 2.65 bits per heavy atom. The van der Waals surface area contributed by atoms with E-state index in [1.165, 1.54) is 21.3 Å². The van der Waals surface area contributed by atoms with E-state index in [0.717, 1.165) is 0 Å². The topological polar surface area (TPSA) is 93.0 Å². The number of amides is 2. The Labute approximate surface area is 122 Å². The van der Waals surface area contributed by atoms with Crippen LogP contribution in [0.15, 0.2) is 5.16 Å². The van der Waals surface area contributed by atoms with Gasteiger partial charge in [-0.2, -0.15) is 0 Å². The Morgan fingerprint density at radius 1 is 1.45 bits per heavy atom. The van der Waals surface area contributed by atoms with E-state index in [1.807, 2.05) is 20.8 Å². The van der Waals surface area contributed by atoms with E-state index in [9.17, 15) is 9.59 Å². The molecule has 1 aromatic rings. The second kappa shape index (κ2) is 7.83. The third-order valence-corrected chi connectivity index (χ3v) is 3.42. The first-order valence-electron chi connectivity index (χ1n) is 6.36. The molecule has 1 rings (SSSR count). The first kappa shape index (κ1) is 16.4. The highest BCUT2D eigenvalue weighted by Gasteiger charge is 2.17. The number of aryl methyl sites for hydroxylation is 1. The minimum absolute atomic E-state index is 0.0652. The smallest absolute Gasteiger partial charge is 0.239 e. The van der Waals surface area contributed by atoms with E-state index in [1.54, 1.807) is 7.05 Å². The van der Waals surface area contributed by atoms with Gasteiger partial charge in [-0.3, -0.25) is 9.59 Å². The number of thioether (sulfide) groups is 1. The number of nitrogens with zero attached hydrogens (tertiary/aromatic N) is 5. The number of nitrogens with one attached hydrogen (secondary N) is 1. The van der Waals surface area contributed by atoms with Gasteiger partial charge in [-0.05, 0) is 31.2 Å². The highest BCUT2D eigenvalue weighted by atomic mass is 32.2. The molecule has 112 valence electrons. The lowest BCUT2D eigenvalue weighted by Gasteiger charge is -2.20. The third kappa shape index (κ3) is 5.16. The van der Waals surface area contributed by atoms with Crippen LogP contribution in [0.1, 0.15) is 20.8 Å². The number of aromatic nitrogens is 4. The molecule has 0 aliphatic rings. The van der Waals surface area contributed by atoms with Gasteiger partial charge in [-0.1, -0.05) is 11.8 Å². The molecular formula is C11H20N6O2S. The summed E-state index contributed by atoms with van der Waals surface area (Å²) < 4.78 is 1.50. The van der Waals surface area contributed by atoms with Gasteiger partial charge in [0.15, 0.2) is 0 Å². The average Bonchev–Trinajstić information content (AvgIpc) is 2.77. The lowest BCUT2D eigenvalue weighted by molar-refractivity contribution is -0.134. The minimum Gasteiger partial charge on any atom is -0.352 e. The van der Waals surface area contributed by atoms with Crippen LogP contribution in [-0.2, 0) is 16.6 Å². The highest BCUT2D eigenvalue weighted by Crippen LogP contribution is 2.12. The van der Waals surface area contributed by atoms with Crippen molar-refractivity contribution in [2.75, 3.05) is 18.8 Å². The van der Waals surface area contributed by atoms with Crippen LogP contribution in [0.25, 0.3) is 0 Å². The number of rotatable bonds is 7. The van der Waals surface area contributed by atoms with Crippen LogP contribution in [0, 0.1) is 0 Å². The molecule has 0 aromatic carbocycles. The zero-order chi connectivity index (χ0) is 15.1. The summed E-state index contributed by atoms with van der Waals surface area (Å²) in [6.45, 7) is 6.17. The van der Waals surface area contributed by atoms with Gasteiger partial charge in [-0.15, -0.1) is 5.10 Å². The molecule has 1 aromatic heterocycles. The summed E-state index contributed by atoms with van der Waals surface area (Å²) in [6, 6.07) is 0.0652. The van der Waals surface area contributed by atoms with Crippen LogP contribution >= 0.6 is 11.8 Å². The van der Waals surface area contributed by atoms with Crippen molar-refractivity contribution in [3.8, 4) is 0 Å². The Morgan fingerprint density at radius 2 is 2.15 bits per heavy atom. The molecule has 0 bridgehead atoms. The van der Waals surface area contributed by atoms with Crippen molar-refractivity contribution in [1.29, 1.82) is 0 Å². The van der Waals surface area contributed by atoms with Gasteiger partial charge in [0, 0.05) is 19.6 Å². The van der Waals surface area contributed by atoms with Gasteiger partial charge in [0.1, 0.15) is 0 Å². The standard InChI is InChI=1S/C11H20N6O2S/c1-5-17(6-9(18)12-8(2)3)10(19)7-20-11-13-14-15-16(11)4/h8H,5-7H2,1-4H3,(H,12,18). The van der Waals surface area contributed by atoms with Crippen molar-refractivity contribution in [2.24, 2.45) is 7.05 Å². The van der Waals surface area contributed by atoms with Crippen molar-refractivity contribution < 1.29 is 9.59 Å². The summed E-state index contributed by atoms with van der Waals surface area (Å²) in [5, 5.41) is 14.3. The van der Waals surface area contributed by atoms with Gasteiger partial charge in [0.25, 0.3) is 0 Å². The first-order valence-corrected chi connectivity index (χ1v) is 7.34. The van der Waals surface area contributed by atoms with Crippen molar-refractivity contribution in [3.63, 3.8) is 0 Å². The SMILES string of the molecule is CCN(CC(=O)NC(C)C)C(=O)CSc1nnnn1C. The second-order valence-corrected chi connectivity index (χ2v) is 5.45. The molecule has 2 amide bonds. The van der Waals surface area contributed by atoms with E-state index in [4.69, 9.17) is 0 Å². The normalized spacial score (nSPS) is 10.7. The minimum atomic E-state index is -0.152. The summed E-state index contributed by atoms with van der Waals surface area (Å²) in [7, 11) is 1.71. The van der Waals surface area contributed by atoms with E-state index < -0.39 is 0 Å². The molecule has 9 heteroatoms. The van der Waals surface area contributed by atoms with Crippen LogP contribution < -0.4 is 5.32 Å². The predicted octanol–water partition coefficient (Wildman–Crippen LogP) is -0.325. The lowest BCUT2D eigenvalue weighted by atomic mass is 10.3. The third-order valence-electron chi connectivity index (χ3n) is 2.42. The van der Waals surface area contributed by atoms with Gasteiger partial charge >= 0.3 is 0 Å². The number of carbonyl (C=O) groups excluding carboxylic acids is 2. The number of hydrogen-bond donors (Lipinski definition) is 1. The second-order valence-electron chi connectivity index (χ2n) is 4.50. The zero-order valence-electron chi connectivity index (χ0n) is 12.2. The van der Waals surface area contributed by atoms with Crippen molar-refractivity contribution >= 4 is 23.6 Å². The highest BCUT2D eigenvalue weighted by molar-refractivity contribution is 7.99. The molecule has 0 aliphatic carbocycles. The molecule has 1 N–H and O–H groups in total. The maximum absolute atomic E-state index is 12.0. The molecule has 8 nitrogen and oxygen atoms in total. The number of hydrogen-bond acceptors (Lipinski definition) is 6. The van der Waals surface area contributed by atoms with Crippen molar-refractivity contribution in [2.45, 2.75) is 32.0 Å². The largest absolute Gasteiger partial charge is 0.352 e. The number of tetrazole rings is 1. The molecule has 1 heterocycles. The molecule has 0 saturated carbocycles. The van der Waals surface area contributed by atoms with Gasteiger partial charge in [-0.25, -0.2) is 4.68 Å². The average molecular weight is 300 g/mol. The molecule has 20 heavy (non-hydrogen) atoms. The monoisotopic (exact) mass is 300 g/mol. The van der Waals surface area contributed by atoms with Crippen LogP contribution in [0.2, 0.25) is 0 Å². The molecule has 0 radical (unpaired) electrons. The molecular weight excluding hydrogens is 280 g/mol. The van der Waals surface area contributed by atoms with Gasteiger partial charge in [0.2, 0.25) is 17.0 Å². The first-order chi connectivity index (χ1) is 9.43. The van der Waals surface area contributed by atoms with Crippen LogP contribution in [0.4, 0.5) is 0 Å². The van der Waals surface area contributed by atoms with Gasteiger partial charge in [0.05, 0.1) is 12.3 Å². The Balaban J connectivity index is 2.46. The molecule has 0 spiro atoms. The maximum atomic E-state index is 12.0. The number of carbonyl (C=O) groups is 2. The summed E-state index contributed by atoms with van der Waals surface area (Å²) in [5.74, 6) is -0.0586. The maximum Gasteiger partial charge on any atom is 0.239 e. The Bertz CT molecular complexity index is 462. The van der Waals surface area contributed by atoms with Gasteiger partial charge < -0.3 is 10.2 Å². The molecule has 0 atom stereocenters. The Kier molecular flexibility index (Phi) is 6.43. The quantitative estimate of drug-likeness (QED) is 0.693. The van der Waals surface area contributed by atoms with Crippen LogP contribution in [-0.4, -0.2) is 61.8 Å². The fourth-order valence-corrected chi connectivity index (χ4v) is 2.23. The molecule has 0 saturated heterocycles. The molecule has 0 fully saturated rings. The lowest BCUT2D eigenvalue weighted by Crippen LogP contribution is -2.43. The Hall–Kier alpha value is -1.64. The number of likely N-dealkylation sites (N-methyl/N-ethyl adjacent to an activating group) is 1. The summed E-state index contributed by atoms with van der Waals surface area (Å²) in [4.78, 5) is 25.2. The van der Waals surface area contributed by atoms with E-state index in [-0.39, 0.29) is 30.2 Å². The fourth-order valence-electron chi connectivity index (χ4n) is 1.48. The van der Waals surface area contributed by atoms with E-state index in [2.05, 4.69) is 20.8 Å². The molecule has 0 aliphatic heterocycles.